The Morgan fingerprint density at radius 3 is 2.04 bits per heavy atom. The molecule has 0 aromatic carbocycles. The van der Waals surface area contributed by atoms with Gasteiger partial charge in [0.2, 0.25) is 0 Å². The molecule has 5 heteroatoms. The van der Waals surface area contributed by atoms with Crippen molar-refractivity contribution < 1.29 is 24.1 Å². The van der Waals surface area contributed by atoms with E-state index in [2.05, 4.69) is 34.6 Å². The van der Waals surface area contributed by atoms with Crippen molar-refractivity contribution in [1.82, 2.24) is 0 Å². The molecule has 0 bridgehead atoms. The van der Waals surface area contributed by atoms with Gasteiger partial charge < -0.3 is 19.3 Å². The van der Waals surface area contributed by atoms with Crippen LogP contribution in [0.25, 0.3) is 0 Å². The molecule has 0 rings (SSSR count). The van der Waals surface area contributed by atoms with Gasteiger partial charge in [0.1, 0.15) is 12.2 Å². The molecule has 1 N–H and O–H groups in total. The van der Waals surface area contributed by atoms with Gasteiger partial charge in [-0.15, -0.1) is 0 Å². The van der Waals surface area contributed by atoms with E-state index in [9.17, 15) is 9.90 Å². The van der Waals surface area contributed by atoms with E-state index in [0.717, 1.165) is 25.7 Å². The van der Waals surface area contributed by atoms with Crippen LogP contribution in [0.15, 0.2) is 0 Å². The lowest BCUT2D eigenvalue weighted by molar-refractivity contribution is -0.105. The zero-order valence-electron chi connectivity index (χ0n) is 19.4. The fraction of sp³-hybridized carbons (Fsp3) is 0.955. The second-order valence-corrected chi connectivity index (χ2v) is 10.1. The van der Waals surface area contributed by atoms with Gasteiger partial charge in [-0.05, 0) is 54.4 Å². The predicted octanol–water partition coefficient (Wildman–Crippen LogP) is 5.73. The van der Waals surface area contributed by atoms with E-state index in [0.29, 0.717) is 6.61 Å². The van der Waals surface area contributed by atoms with Crippen molar-refractivity contribution in [3.05, 3.63) is 0 Å². The molecule has 1 atom stereocenters. The van der Waals surface area contributed by atoms with Gasteiger partial charge in [-0.3, -0.25) is 0 Å². The quantitative estimate of drug-likeness (QED) is 0.433. The summed E-state index contributed by atoms with van der Waals surface area (Å²) in [5.74, 6) is -0.181. The maximum absolute atomic E-state index is 12.1. The molecule has 0 fully saturated rings. The molecule has 27 heavy (non-hydrogen) atoms. The highest BCUT2D eigenvalue weighted by atomic mass is 16.7. The summed E-state index contributed by atoms with van der Waals surface area (Å²) in [6.07, 6.45) is 3.42. The number of rotatable bonds is 12. The molecule has 162 valence electrons. The van der Waals surface area contributed by atoms with Gasteiger partial charge >= 0.3 is 6.16 Å². The number of ether oxygens (including phenoxy) is 3. The molecule has 5 nitrogen and oxygen atoms in total. The van der Waals surface area contributed by atoms with Crippen molar-refractivity contribution in [2.45, 2.75) is 112 Å². The third kappa shape index (κ3) is 9.79. The Morgan fingerprint density at radius 1 is 1.00 bits per heavy atom. The lowest BCUT2D eigenvalue weighted by Gasteiger charge is -2.41. The molecule has 0 radical (unpaired) electrons. The molecule has 0 aliphatic rings. The van der Waals surface area contributed by atoms with Crippen molar-refractivity contribution in [1.29, 1.82) is 0 Å². The van der Waals surface area contributed by atoms with Crippen molar-refractivity contribution >= 4 is 6.16 Å². The van der Waals surface area contributed by atoms with E-state index < -0.39 is 17.4 Å². The molecule has 0 saturated carbocycles. The molecule has 1 unspecified atom stereocenters. The molecule has 0 amide bonds. The van der Waals surface area contributed by atoms with Crippen LogP contribution in [0.4, 0.5) is 4.79 Å². The summed E-state index contributed by atoms with van der Waals surface area (Å²) in [6.45, 7) is 20.3. The Kier molecular flexibility index (Phi) is 9.80. The lowest BCUT2D eigenvalue weighted by Crippen LogP contribution is -2.45. The van der Waals surface area contributed by atoms with E-state index in [1.165, 1.54) is 0 Å². The van der Waals surface area contributed by atoms with Crippen LogP contribution in [0.2, 0.25) is 0 Å². The van der Waals surface area contributed by atoms with E-state index in [-0.39, 0.29) is 23.5 Å². The predicted molar refractivity (Wildman–Crippen MR) is 110 cm³/mol. The molecule has 0 aliphatic carbocycles. The molecule has 0 aliphatic heterocycles. The van der Waals surface area contributed by atoms with Crippen molar-refractivity contribution in [3.8, 4) is 0 Å². The summed E-state index contributed by atoms with van der Waals surface area (Å²) in [7, 11) is 0. The molecular weight excluding hydrogens is 344 g/mol. The fourth-order valence-corrected chi connectivity index (χ4v) is 2.33. The number of carbonyl (C=O) groups is 1. The SMILES string of the molecule is CCCCC(C)(C)OCCC(C)(C)C(C)(C)OC(=O)OCC(C)C(C)(C)O. The number of hydrogen-bond donors (Lipinski definition) is 1. The van der Waals surface area contributed by atoms with Crippen LogP contribution in [-0.2, 0) is 14.2 Å². The highest BCUT2D eigenvalue weighted by molar-refractivity contribution is 5.60. The third-order valence-electron chi connectivity index (χ3n) is 5.98. The number of aliphatic hydroxyl groups is 1. The average Bonchev–Trinajstić information content (AvgIpc) is 2.48. The Bertz CT molecular complexity index is 446. The van der Waals surface area contributed by atoms with Gasteiger partial charge in [-0.2, -0.15) is 0 Å². The maximum Gasteiger partial charge on any atom is 0.508 e. The summed E-state index contributed by atoms with van der Waals surface area (Å²) in [5.41, 5.74) is -2.03. The first-order valence-electron chi connectivity index (χ1n) is 10.3. The summed E-state index contributed by atoms with van der Waals surface area (Å²) in [5, 5.41) is 9.93. The monoisotopic (exact) mass is 388 g/mol. The van der Waals surface area contributed by atoms with Crippen molar-refractivity contribution in [2.24, 2.45) is 11.3 Å². The highest BCUT2D eigenvalue weighted by Gasteiger charge is 2.41. The second kappa shape index (κ2) is 10.1. The van der Waals surface area contributed by atoms with E-state index in [4.69, 9.17) is 14.2 Å². The van der Waals surface area contributed by atoms with Crippen LogP contribution in [0.1, 0.15) is 94.9 Å². The lowest BCUT2D eigenvalue weighted by atomic mass is 9.74. The largest absolute Gasteiger partial charge is 0.508 e. The zero-order valence-corrected chi connectivity index (χ0v) is 19.4. The third-order valence-corrected chi connectivity index (χ3v) is 5.98. The first-order chi connectivity index (χ1) is 12.0. The minimum absolute atomic E-state index is 0.119. The van der Waals surface area contributed by atoms with Gasteiger partial charge in [0.25, 0.3) is 0 Å². The zero-order chi connectivity index (χ0) is 21.5. The van der Waals surface area contributed by atoms with Crippen LogP contribution in [0.3, 0.4) is 0 Å². The molecule has 0 aromatic rings. The smallest absolute Gasteiger partial charge is 0.434 e. The topological polar surface area (TPSA) is 65.0 Å². The molecular formula is C22H44O5. The fourth-order valence-electron chi connectivity index (χ4n) is 2.33. The Hall–Kier alpha value is -0.810. The molecule has 0 aromatic heterocycles. The van der Waals surface area contributed by atoms with E-state index in [1.54, 1.807) is 13.8 Å². The summed E-state index contributed by atoms with van der Waals surface area (Å²) >= 11 is 0. The second-order valence-electron chi connectivity index (χ2n) is 10.1. The molecule has 0 saturated heterocycles. The van der Waals surface area contributed by atoms with Crippen LogP contribution in [0.5, 0.6) is 0 Å². The number of carbonyl (C=O) groups excluding carboxylic acids is 1. The van der Waals surface area contributed by atoms with E-state index in [1.807, 2.05) is 20.8 Å². The summed E-state index contributed by atoms with van der Waals surface area (Å²) < 4.78 is 16.9. The Balaban J connectivity index is 4.58. The van der Waals surface area contributed by atoms with Gasteiger partial charge in [-0.25, -0.2) is 4.79 Å². The Morgan fingerprint density at radius 2 is 1.56 bits per heavy atom. The van der Waals surface area contributed by atoms with Crippen LogP contribution < -0.4 is 0 Å². The van der Waals surface area contributed by atoms with Crippen molar-refractivity contribution in [3.63, 3.8) is 0 Å². The first kappa shape index (κ1) is 26.2. The summed E-state index contributed by atoms with van der Waals surface area (Å²) in [4.78, 5) is 12.1. The van der Waals surface area contributed by atoms with Crippen molar-refractivity contribution in [2.75, 3.05) is 13.2 Å². The van der Waals surface area contributed by atoms with E-state index >= 15 is 0 Å². The van der Waals surface area contributed by atoms with Gasteiger partial charge in [0.15, 0.2) is 0 Å². The normalized spacial score (nSPS) is 14.8. The molecule has 0 heterocycles. The Labute approximate surface area is 167 Å². The minimum Gasteiger partial charge on any atom is -0.434 e. The van der Waals surface area contributed by atoms with Crippen LogP contribution in [0, 0.1) is 11.3 Å². The first-order valence-corrected chi connectivity index (χ1v) is 10.3. The van der Waals surface area contributed by atoms with Gasteiger partial charge in [-0.1, -0.05) is 40.5 Å². The van der Waals surface area contributed by atoms with Gasteiger partial charge in [0.05, 0.1) is 11.2 Å². The maximum atomic E-state index is 12.1. The number of unbranched alkanes of at least 4 members (excludes halogenated alkanes) is 1. The minimum atomic E-state index is -0.906. The van der Waals surface area contributed by atoms with Crippen LogP contribution >= 0.6 is 0 Å². The summed E-state index contributed by atoms with van der Waals surface area (Å²) in [6, 6.07) is 0. The average molecular weight is 389 g/mol. The van der Waals surface area contributed by atoms with Crippen LogP contribution in [-0.4, -0.2) is 41.3 Å². The number of hydrogen-bond acceptors (Lipinski definition) is 5. The molecule has 0 spiro atoms. The van der Waals surface area contributed by atoms with Gasteiger partial charge in [0, 0.05) is 17.9 Å². The standard InChI is InChI=1S/C22H44O5/c1-11-12-13-20(5,6)26-15-14-19(3,4)22(9,10)27-18(23)25-16-17(2)21(7,8)24/h17,24H,11-16H2,1-10H3. The highest BCUT2D eigenvalue weighted by Crippen LogP contribution is 2.38.